The van der Waals surface area contributed by atoms with Crippen molar-refractivity contribution in [2.75, 3.05) is 63.2 Å². The average Bonchev–Trinajstić information content (AvgIpc) is 3.44. The summed E-state index contributed by atoms with van der Waals surface area (Å²) >= 11 is 0. The van der Waals surface area contributed by atoms with Gasteiger partial charge in [-0.05, 0) is 74.8 Å². The molecular formula is C31H39N7O2. The minimum atomic E-state index is -0.0893. The molecule has 1 atom stereocenters. The Hall–Kier alpha value is -3.53. The fourth-order valence-electron chi connectivity index (χ4n) is 5.95. The van der Waals surface area contributed by atoms with Gasteiger partial charge in [0.1, 0.15) is 0 Å². The molecule has 0 radical (unpaired) electrons. The van der Waals surface area contributed by atoms with E-state index in [4.69, 9.17) is 9.72 Å². The number of aromatic nitrogens is 2. The van der Waals surface area contributed by atoms with Crippen LogP contribution >= 0.6 is 0 Å². The van der Waals surface area contributed by atoms with Crippen LogP contribution in [0.25, 0.3) is 11.3 Å². The second-order valence-electron chi connectivity index (χ2n) is 11.1. The lowest BCUT2D eigenvalue weighted by atomic mass is 10.1. The second-order valence-corrected chi connectivity index (χ2v) is 11.1. The number of hydrogen-bond donors (Lipinski definition) is 2. The molecule has 7 rings (SSSR count). The predicted octanol–water partition coefficient (Wildman–Crippen LogP) is 3.64. The van der Waals surface area contributed by atoms with Crippen molar-refractivity contribution in [1.29, 1.82) is 0 Å². The van der Waals surface area contributed by atoms with Gasteiger partial charge in [-0.1, -0.05) is 24.3 Å². The van der Waals surface area contributed by atoms with Gasteiger partial charge in [0.15, 0.2) is 0 Å². The van der Waals surface area contributed by atoms with E-state index < -0.39 is 0 Å². The van der Waals surface area contributed by atoms with E-state index in [0.717, 1.165) is 94.4 Å². The van der Waals surface area contributed by atoms with Gasteiger partial charge in [-0.2, -0.15) is 0 Å². The highest BCUT2D eigenvalue weighted by Gasteiger charge is 2.30. The number of ether oxygens (including phenoxy) is 1. The molecule has 4 aliphatic heterocycles. The van der Waals surface area contributed by atoms with Crippen molar-refractivity contribution in [1.82, 2.24) is 25.1 Å². The van der Waals surface area contributed by atoms with Crippen LogP contribution in [0.1, 0.15) is 30.4 Å². The third-order valence-corrected chi connectivity index (χ3v) is 8.04. The van der Waals surface area contributed by atoms with Crippen LogP contribution in [0.4, 0.5) is 17.3 Å². The summed E-state index contributed by atoms with van der Waals surface area (Å²) in [6.07, 6.45) is 4.67. The molecule has 9 heteroatoms. The molecule has 40 heavy (non-hydrogen) atoms. The Morgan fingerprint density at radius 3 is 2.62 bits per heavy atom. The van der Waals surface area contributed by atoms with E-state index in [2.05, 4.69) is 79.8 Å². The van der Waals surface area contributed by atoms with Gasteiger partial charge in [-0.3, -0.25) is 9.69 Å². The first kappa shape index (κ1) is 26.7. The molecule has 2 N–H and O–H groups in total. The van der Waals surface area contributed by atoms with Gasteiger partial charge < -0.3 is 25.2 Å². The van der Waals surface area contributed by atoms with Crippen LogP contribution < -0.4 is 15.5 Å². The van der Waals surface area contributed by atoms with Crippen molar-refractivity contribution in [3.8, 4) is 11.3 Å². The number of nitrogens with one attached hydrogen (secondary N) is 2. The molecule has 2 fully saturated rings. The zero-order valence-electron chi connectivity index (χ0n) is 23.3. The summed E-state index contributed by atoms with van der Waals surface area (Å²) in [6, 6.07) is 17.0. The predicted molar refractivity (Wildman–Crippen MR) is 158 cm³/mol. The first-order chi connectivity index (χ1) is 19.6. The lowest BCUT2D eigenvalue weighted by molar-refractivity contribution is -0.125. The molecule has 5 heterocycles. The van der Waals surface area contributed by atoms with Crippen molar-refractivity contribution in [3.63, 3.8) is 0 Å². The molecular weight excluding hydrogens is 502 g/mol. The number of anilines is 3. The van der Waals surface area contributed by atoms with E-state index in [0.29, 0.717) is 12.5 Å². The summed E-state index contributed by atoms with van der Waals surface area (Å²) in [5, 5.41) is 6.69. The standard InChI is InChI=1S/C31H39N7O2/c1-36-12-3-10-32-30(39)29-4-2-13-38(29)22-24-18-26(20-27(19-24)37-14-16-40-17-15-37)34-31-33-11-9-28(35-31)25-7-5-23(21-36)6-8-25/h5-9,11,18-20,29H,2-4,10,12-17,21-22H2,1H3,(H,32,39)(H,33,34,35)/t29-/m0/s1. The van der Waals surface area contributed by atoms with Crippen molar-refractivity contribution in [3.05, 3.63) is 65.9 Å². The number of amides is 1. The topological polar surface area (TPSA) is 85.9 Å². The number of hydrogen-bond acceptors (Lipinski definition) is 8. The highest BCUT2D eigenvalue weighted by molar-refractivity contribution is 5.82. The molecule has 1 amide bonds. The van der Waals surface area contributed by atoms with Crippen LogP contribution in [0.15, 0.2) is 54.7 Å². The van der Waals surface area contributed by atoms with Gasteiger partial charge in [-0.25, -0.2) is 9.97 Å². The third-order valence-electron chi connectivity index (χ3n) is 8.04. The molecule has 6 bridgehead atoms. The number of benzene rings is 2. The molecule has 4 aliphatic rings. The maximum Gasteiger partial charge on any atom is 0.237 e. The van der Waals surface area contributed by atoms with Gasteiger partial charge in [-0.15, -0.1) is 0 Å². The summed E-state index contributed by atoms with van der Waals surface area (Å²) in [5.74, 6) is 0.713. The van der Waals surface area contributed by atoms with E-state index in [1.807, 2.05) is 12.3 Å². The Morgan fingerprint density at radius 2 is 1.77 bits per heavy atom. The summed E-state index contributed by atoms with van der Waals surface area (Å²) in [6.45, 7) is 7.29. The van der Waals surface area contributed by atoms with Crippen LogP contribution in [0, 0.1) is 0 Å². The van der Waals surface area contributed by atoms with Crippen molar-refractivity contribution in [2.45, 2.75) is 38.4 Å². The van der Waals surface area contributed by atoms with E-state index in [-0.39, 0.29) is 11.9 Å². The van der Waals surface area contributed by atoms with Gasteiger partial charge in [0, 0.05) is 55.9 Å². The van der Waals surface area contributed by atoms with E-state index in [9.17, 15) is 4.79 Å². The number of carbonyl (C=O) groups is 1. The second kappa shape index (κ2) is 12.3. The van der Waals surface area contributed by atoms with E-state index in [1.165, 1.54) is 11.1 Å². The van der Waals surface area contributed by atoms with Gasteiger partial charge in [0.05, 0.1) is 24.9 Å². The molecule has 2 saturated heterocycles. The lowest BCUT2D eigenvalue weighted by Crippen LogP contribution is -2.43. The van der Waals surface area contributed by atoms with Crippen LogP contribution in [-0.2, 0) is 22.6 Å². The van der Waals surface area contributed by atoms with Crippen LogP contribution in [0.2, 0.25) is 0 Å². The number of carbonyl (C=O) groups excluding carboxylic acids is 1. The van der Waals surface area contributed by atoms with Crippen LogP contribution in [0.3, 0.4) is 0 Å². The molecule has 9 nitrogen and oxygen atoms in total. The Kier molecular flexibility index (Phi) is 8.22. The number of fused-ring (bicyclic) bond motifs is 8. The fraction of sp³-hybridized carbons (Fsp3) is 0.452. The Balaban J connectivity index is 1.33. The first-order valence-electron chi connectivity index (χ1n) is 14.5. The summed E-state index contributed by atoms with van der Waals surface area (Å²) in [5.41, 5.74) is 6.47. The van der Waals surface area contributed by atoms with Gasteiger partial charge in [0.25, 0.3) is 0 Å². The zero-order chi connectivity index (χ0) is 27.3. The maximum absolute atomic E-state index is 13.2. The normalized spacial score (nSPS) is 21.3. The van der Waals surface area contributed by atoms with Crippen molar-refractivity contribution >= 4 is 23.2 Å². The van der Waals surface area contributed by atoms with Crippen LogP contribution in [-0.4, -0.2) is 84.7 Å². The fourth-order valence-corrected chi connectivity index (χ4v) is 5.95. The van der Waals surface area contributed by atoms with Gasteiger partial charge >= 0.3 is 0 Å². The molecule has 0 aliphatic carbocycles. The Labute approximate surface area is 236 Å². The van der Waals surface area contributed by atoms with E-state index >= 15 is 0 Å². The quantitative estimate of drug-likeness (QED) is 0.483. The molecule has 1 aromatic heterocycles. The first-order valence-corrected chi connectivity index (χ1v) is 14.5. The summed E-state index contributed by atoms with van der Waals surface area (Å²) in [7, 11) is 2.13. The molecule has 210 valence electrons. The molecule has 0 saturated carbocycles. The number of rotatable bonds is 1. The molecule has 0 spiro atoms. The average molecular weight is 542 g/mol. The minimum Gasteiger partial charge on any atom is -0.378 e. The number of morpholine rings is 1. The minimum absolute atomic E-state index is 0.0893. The van der Waals surface area contributed by atoms with Crippen molar-refractivity contribution in [2.24, 2.45) is 0 Å². The SMILES string of the molecule is CN1CCCNC(=O)[C@@H]2CCCN2Cc2cc(cc(N3CCOCC3)c2)Nc2nccc(n2)-c2ccc(cc2)C1. The monoisotopic (exact) mass is 541 g/mol. The lowest BCUT2D eigenvalue weighted by Gasteiger charge is -2.30. The van der Waals surface area contributed by atoms with Gasteiger partial charge in [0.2, 0.25) is 11.9 Å². The largest absolute Gasteiger partial charge is 0.378 e. The summed E-state index contributed by atoms with van der Waals surface area (Å²) < 4.78 is 5.61. The summed E-state index contributed by atoms with van der Waals surface area (Å²) in [4.78, 5) is 29.6. The Bertz CT molecular complexity index is 1310. The van der Waals surface area contributed by atoms with Crippen LogP contribution in [0.5, 0.6) is 0 Å². The van der Waals surface area contributed by atoms with E-state index in [1.54, 1.807) is 0 Å². The smallest absolute Gasteiger partial charge is 0.237 e. The number of nitrogens with zero attached hydrogens (tertiary/aromatic N) is 5. The Morgan fingerprint density at radius 1 is 0.925 bits per heavy atom. The third kappa shape index (κ3) is 6.43. The molecule has 2 aromatic carbocycles. The molecule has 0 unspecified atom stereocenters. The molecule has 3 aromatic rings. The highest BCUT2D eigenvalue weighted by atomic mass is 16.5. The highest BCUT2D eigenvalue weighted by Crippen LogP contribution is 2.29. The zero-order valence-corrected chi connectivity index (χ0v) is 23.3. The maximum atomic E-state index is 13.2. The van der Waals surface area contributed by atoms with Crippen molar-refractivity contribution < 1.29 is 9.53 Å².